The molecular formula is C14H14N2O3. The maximum absolute atomic E-state index is 11.6. The van der Waals surface area contributed by atoms with Crippen molar-refractivity contribution in [2.75, 3.05) is 0 Å². The van der Waals surface area contributed by atoms with Gasteiger partial charge < -0.3 is 15.0 Å². The predicted octanol–water partition coefficient (Wildman–Crippen LogP) is 1.53. The predicted molar refractivity (Wildman–Crippen MR) is 69.7 cm³/mol. The first kappa shape index (κ1) is 11.8. The van der Waals surface area contributed by atoms with E-state index in [1.807, 2.05) is 24.3 Å². The van der Waals surface area contributed by atoms with E-state index < -0.39 is 12.0 Å². The highest BCUT2D eigenvalue weighted by molar-refractivity contribution is 5.88. The number of hydrogen-bond donors (Lipinski definition) is 2. The number of nitrogens with zero attached hydrogens (tertiary/aromatic N) is 1. The topological polar surface area (TPSA) is 73.4 Å². The van der Waals surface area contributed by atoms with Crippen molar-refractivity contribution >= 4 is 22.8 Å². The summed E-state index contributed by atoms with van der Waals surface area (Å²) in [7, 11) is 0. The minimum Gasteiger partial charge on any atom is -0.480 e. The fourth-order valence-corrected chi connectivity index (χ4v) is 2.76. The monoisotopic (exact) mass is 258 g/mol. The summed E-state index contributed by atoms with van der Waals surface area (Å²) < 4.78 is 0. The molecule has 2 heterocycles. The number of benzene rings is 1. The molecule has 1 aromatic carbocycles. The van der Waals surface area contributed by atoms with Gasteiger partial charge in [-0.05, 0) is 11.6 Å². The number of hydrogen-bond acceptors (Lipinski definition) is 2. The molecular weight excluding hydrogens is 244 g/mol. The Balaban J connectivity index is 2.12. The van der Waals surface area contributed by atoms with E-state index in [0.717, 1.165) is 22.2 Å². The molecule has 0 fully saturated rings. The zero-order valence-corrected chi connectivity index (χ0v) is 10.5. The molecule has 98 valence electrons. The first-order valence-corrected chi connectivity index (χ1v) is 6.16. The van der Waals surface area contributed by atoms with Crippen molar-refractivity contribution in [3.05, 3.63) is 35.5 Å². The molecule has 3 rings (SSSR count). The van der Waals surface area contributed by atoms with Crippen molar-refractivity contribution in [1.29, 1.82) is 0 Å². The number of nitrogens with one attached hydrogen (secondary N) is 1. The number of fused-ring (bicyclic) bond motifs is 3. The highest BCUT2D eigenvalue weighted by Gasteiger charge is 2.34. The van der Waals surface area contributed by atoms with Gasteiger partial charge in [0, 0.05) is 29.9 Å². The van der Waals surface area contributed by atoms with Crippen molar-refractivity contribution in [1.82, 2.24) is 9.88 Å². The number of carboxylic acid groups (broad SMARTS) is 1. The largest absolute Gasteiger partial charge is 0.480 e. The van der Waals surface area contributed by atoms with Gasteiger partial charge in [0.2, 0.25) is 5.91 Å². The molecule has 1 atom stereocenters. The fraction of sp³-hybridized carbons (Fsp3) is 0.286. The number of carboxylic acids is 1. The first-order valence-electron chi connectivity index (χ1n) is 6.16. The van der Waals surface area contributed by atoms with Gasteiger partial charge in [-0.25, -0.2) is 4.79 Å². The standard InChI is InChI=1S/C14H14N2O3/c1-8(17)16-7-12-10(6-13(16)14(18)19)9-4-2-3-5-11(9)15-12/h2-5,13,15H,6-7H2,1H3,(H,18,19)/t13-/m1/s1. The molecule has 5 nitrogen and oxygen atoms in total. The summed E-state index contributed by atoms with van der Waals surface area (Å²) >= 11 is 0. The minimum absolute atomic E-state index is 0.211. The number of amides is 1. The lowest BCUT2D eigenvalue weighted by Gasteiger charge is -2.32. The van der Waals surface area contributed by atoms with E-state index in [2.05, 4.69) is 4.98 Å². The van der Waals surface area contributed by atoms with E-state index in [-0.39, 0.29) is 5.91 Å². The van der Waals surface area contributed by atoms with Crippen LogP contribution in [0.25, 0.3) is 10.9 Å². The Kier molecular flexibility index (Phi) is 2.55. The van der Waals surface area contributed by atoms with Crippen LogP contribution in [0.3, 0.4) is 0 Å². The van der Waals surface area contributed by atoms with Crippen molar-refractivity contribution in [3.8, 4) is 0 Å². The molecule has 0 radical (unpaired) electrons. The van der Waals surface area contributed by atoms with Crippen LogP contribution in [-0.4, -0.2) is 32.9 Å². The Labute approximate surface area is 109 Å². The van der Waals surface area contributed by atoms with Crippen LogP contribution < -0.4 is 0 Å². The number of aliphatic carboxylic acids is 1. The highest BCUT2D eigenvalue weighted by Crippen LogP contribution is 2.30. The summed E-state index contributed by atoms with van der Waals surface area (Å²) in [6.07, 6.45) is 0.355. The smallest absolute Gasteiger partial charge is 0.326 e. The zero-order valence-electron chi connectivity index (χ0n) is 10.5. The average molecular weight is 258 g/mol. The third kappa shape index (κ3) is 1.78. The Bertz CT molecular complexity index is 674. The highest BCUT2D eigenvalue weighted by atomic mass is 16.4. The second-order valence-corrected chi connectivity index (χ2v) is 4.83. The lowest BCUT2D eigenvalue weighted by Crippen LogP contribution is -2.47. The van der Waals surface area contributed by atoms with Crippen LogP contribution in [0.2, 0.25) is 0 Å². The number of carbonyl (C=O) groups excluding carboxylic acids is 1. The third-order valence-electron chi connectivity index (χ3n) is 3.69. The van der Waals surface area contributed by atoms with Crippen molar-refractivity contribution < 1.29 is 14.7 Å². The van der Waals surface area contributed by atoms with Crippen LogP contribution >= 0.6 is 0 Å². The number of aromatic amines is 1. The molecule has 5 heteroatoms. The fourth-order valence-electron chi connectivity index (χ4n) is 2.76. The van der Waals surface area contributed by atoms with E-state index in [0.29, 0.717) is 13.0 Å². The van der Waals surface area contributed by atoms with Crippen molar-refractivity contribution in [2.24, 2.45) is 0 Å². The maximum Gasteiger partial charge on any atom is 0.326 e. The van der Waals surface area contributed by atoms with E-state index >= 15 is 0 Å². The molecule has 0 bridgehead atoms. The summed E-state index contributed by atoms with van der Waals surface area (Å²) in [6, 6.07) is 7.03. The average Bonchev–Trinajstić information content (AvgIpc) is 2.74. The second kappa shape index (κ2) is 4.12. The van der Waals surface area contributed by atoms with Crippen LogP contribution in [0, 0.1) is 0 Å². The summed E-state index contributed by atoms with van der Waals surface area (Å²) in [4.78, 5) is 27.6. The van der Waals surface area contributed by atoms with Crippen LogP contribution in [0.4, 0.5) is 0 Å². The lowest BCUT2D eigenvalue weighted by atomic mass is 9.96. The second-order valence-electron chi connectivity index (χ2n) is 4.83. The molecule has 0 saturated carbocycles. The van der Waals surface area contributed by atoms with Crippen molar-refractivity contribution in [2.45, 2.75) is 25.9 Å². The van der Waals surface area contributed by atoms with Gasteiger partial charge in [0.25, 0.3) is 0 Å². The molecule has 0 spiro atoms. The van der Waals surface area contributed by atoms with Gasteiger partial charge >= 0.3 is 5.97 Å². The van der Waals surface area contributed by atoms with Gasteiger partial charge in [-0.3, -0.25) is 4.79 Å². The maximum atomic E-state index is 11.6. The van der Waals surface area contributed by atoms with E-state index in [9.17, 15) is 14.7 Å². The Morgan fingerprint density at radius 2 is 2.11 bits per heavy atom. The number of para-hydroxylation sites is 1. The normalized spacial score (nSPS) is 18.4. The molecule has 19 heavy (non-hydrogen) atoms. The molecule has 2 aromatic rings. The molecule has 1 aliphatic heterocycles. The molecule has 0 saturated heterocycles. The van der Waals surface area contributed by atoms with Crippen LogP contribution in [0.5, 0.6) is 0 Å². The van der Waals surface area contributed by atoms with Gasteiger partial charge in [0.15, 0.2) is 0 Å². The molecule has 1 aliphatic rings. The van der Waals surface area contributed by atoms with Gasteiger partial charge in [-0.2, -0.15) is 0 Å². The molecule has 0 unspecified atom stereocenters. The van der Waals surface area contributed by atoms with E-state index in [4.69, 9.17) is 0 Å². The van der Waals surface area contributed by atoms with Gasteiger partial charge in [0.1, 0.15) is 6.04 Å². The summed E-state index contributed by atoms with van der Waals surface area (Å²) in [5.74, 6) is -1.16. The van der Waals surface area contributed by atoms with E-state index in [1.165, 1.54) is 11.8 Å². The minimum atomic E-state index is -0.953. The van der Waals surface area contributed by atoms with E-state index in [1.54, 1.807) is 0 Å². The Morgan fingerprint density at radius 3 is 2.79 bits per heavy atom. The summed E-state index contributed by atoms with van der Waals surface area (Å²) in [6.45, 7) is 1.74. The quantitative estimate of drug-likeness (QED) is 0.814. The number of H-pyrrole nitrogens is 1. The molecule has 2 N–H and O–H groups in total. The summed E-state index contributed by atoms with van der Waals surface area (Å²) in [5, 5.41) is 10.3. The van der Waals surface area contributed by atoms with Crippen LogP contribution in [0.1, 0.15) is 18.2 Å². The van der Waals surface area contributed by atoms with Gasteiger partial charge in [-0.15, -0.1) is 0 Å². The Hall–Kier alpha value is -2.30. The van der Waals surface area contributed by atoms with Crippen molar-refractivity contribution in [3.63, 3.8) is 0 Å². The SMILES string of the molecule is CC(=O)N1Cc2[nH]c3ccccc3c2C[C@@H]1C(=O)O. The Morgan fingerprint density at radius 1 is 1.37 bits per heavy atom. The zero-order chi connectivity index (χ0) is 13.6. The number of aromatic nitrogens is 1. The van der Waals surface area contributed by atoms with Crippen LogP contribution in [0.15, 0.2) is 24.3 Å². The van der Waals surface area contributed by atoms with Gasteiger partial charge in [0.05, 0.1) is 6.54 Å². The number of rotatable bonds is 1. The lowest BCUT2D eigenvalue weighted by molar-refractivity contribution is -0.150. The summed E-state index contributed by atoms with van der Waals surface area (Å²) in [5.41, 5.74) is 2.94. The third-order valence-corrected chi connectivity index (χ3v) is 3.69. The molecule has 0 aliphatic carbocycles. The molecule has 1 aromatic heterocycles. The first-order chi connectivity index (χ1) is 9.08. The van der Waals surface area contributed by atoms with Gasteiger partial charge in [-0.1, -0.05) is 18.2 Å². The van der Waals surface area contributed by atoms with Crippen LogP contribution in [-0.2, 0) is 22.6 Å². The number of carbonyl (C=O) groups is 2. The molecule has 1 amide bonds.